The monoisotopic (exact) mass is 227 g/mol. The highest BCUT2D eigenvalue weighted by molar-refractivity contribution is 7.80. The van der Waals surface area contributed by atoms with Crippen LogP contribution in [0.15, 0.2) is 12.3 Å². The number of aromatic amines is 1. The summed E-state index contributed by atoms with van der Waals surface area (Å²) in [6.45, 7) is 0.727. The summed E-state index contributed by atoms with van der Waals surface area (Å²) in [7, 11) is 0. The third-order valence-corrected chi connectivity index (χ3v) is 2.43. The summed E-state index contributed by atoms with van der Waals surface area (Å²) < 4.78 is 0. The quantitative estimate of drug-likeness (QED) is 0.490. The number of hydrogen-bond donors (Lipinski definition) is 3. The first-order chi connectivity index (χ1) is 7.34. The number of thiol groups is 1. The molecule has 0 aromatic carbocycles. The molecular weight excluding hydrogens is 210 g/mol. The van der Waals surface area contributed by atoms with Crippen molar-refractivity contribution in [2.45, 2.75) is 25.7 Å². The Morgan fingerprint density at radius 2 is 2.20 bits per heavy atom. The number of nitrogens with zero attached hydrogens (tertiary/aromatic N) is 1. The molecule has 1 aromatic heterocycles. The van der Waals surface area contributed by atoms with Crippen LogP contribution in [0.3, 0.4) is 0 Å². The number of rotatable bonds is 7. The zero-order valence-electron chi connectivity index (χ0n) is 8.70. The van der Waals surface area contributed by atoms with E-state index in [4.69, 9.17) is 0 Å². The lowest BCUT2D eigenvalue weighted by atomic mass is 10.2. The van der Waals surface area contributed by atoms with Crippen LogP contribution in [-0.4, -0.2) is 28.4 Å². The van der Waals surface area contributed by atoms with E-state index in [1.807, 2.05) is 0 Å². The normalized spacial score (nSPS) is 10.2. The van der Waals surface area contributed by atoms with Gasteiger partial charge < -0.3 is 5.32 Å². The van der Waals surface area contributed by atoms with Gasteiger partial charge >= 0.3 is 0 Å². The molecule has 0 atom stereocenters. The Hall–Kier alpha value is -0.970. The number of aromatic nitrogens is 2. The molecule has 1 aromatic rings. The van der Waals surface area contributed by atoms with Gasteiger partial charge in [0.25, 0.3) is 5.91 Å². The molecular formula is C10H17N3OS. The standard InChI is InChI=1S/C10H17N3OS/c14-10(9-5-7-12-13-9)11-6-3-1-2-4-8-15/h5,7,15H,1-4,6,8H2,(H,11,14)(H,12,13). The van der Waals surface area contributed by atoms with Crippen molar-refractivity contribution in [2.75, 3.05) is 12.3 Å². The SMILES string of the molecule is O=C(NCCCCCCS)c1ccn[nH]1. The van der Waals surface area contributed by atoms with Crippen LogP contribution in [0, 0.1) is 0 Å². The number of nitrogens with one attached hydrogen (secondary N) is 2. The van der Waals surface area contributed by atoms with E-state index < -0.39 is 0 Å². The van der Waals surface area contributed by atoms with Crippen LogP contribution in [0.5, 0.6) is 0 Å². The van der Waals surface area contributed by atoms with E-state index in [1.165, 1.54) is 6.42 Å². The van der Waals surface area contributed by atoms with Gasteiger partial charge in [0.15, 0.2) is 0 Å². The molecule has 0 aliphatic rings. The lowest BCUT2D eigenvalue weighted by molar-refractivity contribution is 0.0948. The van der Waals surface area contributed by atoms with Gasteiger partial charge in [-0.2, -0.15) is 17.7 Å². The fourth-order valence-electron chi connectivity index (χ4n) is 1.27. The molecule has 0 aliphatic carbocycles. The third kappa shape index (κ3) is 4.88. The van der Waals surface area contributed by atoms with Gasteiger partial charge in [0.2, 0.25) is 0 Å². The van der Waals surface area contributed by atoms with Gasteiger partial charge in [-0.25, -0.2) is 0 Å². The van der Waals surface area contributed by atoms with Gasteiger partial charge in [0.1, 0.15) is 5.69 Å². The Morgan fingerprint density at radius 1 is 1.40 bits per heavy atom. The van der Waals surface area contributed by atoms with Crippen molar-refractivity contribution in [1.82, 2.24) is 15.5 Å². The molecule has 84 valence electrons. The molecule has 0 bridgehead atoms. The van der Waals surface area contributed by atoms with E-state index in [2.05, 4.69) is 28.1 Å². The Morgan fingerprint density at radius 3 is 2.87 bits per heavy atom. The Balaban J connectivity index is 2.03. The molecule has 0 unspecified atom stereocenters. The number of carbonyl (C=O) groups excluding carboxylic acids is 1. The van der Waals surface area contributed by atoms with E-state index in [0.29, 0.717) is 5.69 Å². The highest BCUT2D eigenvalue weighted by atomic mass is 32.1. The van der Waals surface area contributed by atoms with Crippen molar-refractivity contribution in [1.29, 1.82) is 0 Å². The molecule has 0 saturated heterocycles. The summed E-state index contributed by atoms with van der Waals surface area (Å²) in [5.74, 6) is 0.863. The third-order valence-electron chi connectivity index (χ3n) is 2.12. The van der Waals surface area contributed by atoms with E-state index in [9.17, 15) is 4.79 Å². The van der Waals surface area contributed by atoms with Gasteiger partial charge in [0.05, 0.1) is 0 Å². The zero-order chi connectivity index (χ0) is 10.9. The fourth-order valence-corrected chi connectivity index (χ4v) is 1.49. The van der Waals surface area contributed by atoms with Crippen molar-refractivity contribution in [3.05, 3.63) is 18.0 Å². The highest BCUT2D eigenvalue weighted by Crippen LogP contribution is 2.00. The van der Waals surface area contributed by atoms with E-state index >= 15 is 0 Å². The number of hydrogen-bond acceptors (Lipinski definition) is 3. The van der Waals surface area contributed by atoms with E-state index in [1.54, 1.807) is 12.3 Å². The van der Waals surface area contributed by atoms with Crippen LogP contribution in [0.25, 0.3) is 0 Å². The molecule has 0 saturated carbocycles. The van der Waals surface area contributed by atoms with Gasteiger partial charge in [-0.05, 0) is 24.7 Å². The van der Waals surface area contributed by atoms with Gasteiger partial charge in [-0.1, -0.05) is 12.8 Å². The molecule has 15 heavy (non-hydrogen) atoms. The molecule has 4 nitrogen and oxygen atoms in total. The average molecular weight is 227 g/mol. The molecule has 1 heterocycles. The predicted octanol–water partition coefficient (Wildman–Crippen LogP) is 1.63. The van der Waals surface area contributed by atoms with Gasteiger partial charge in [-0.3, -0.25) is 9.89 Å². The second-order valence-corrected chi connectivity index (χ2v) is 3.81. The lowest BCUT2D eigenvalue weighted by Gasteiger charge is -2.02. The molecule has 1 rings (SSSR count). The molecule has 0 fully saturated rings. The Bertz CT molecular complexity index is 274. The first kappa shape index (κ1) is 12.1. The summed E-state index contributed by atoms with van der Waals surface area (Å²) in [6, 6.07) is 1.66. The second-order valence-electron chi connectivity index (χ2n) is 3.36. The maximum atomic E-state index is 11.4. The van der Waals surface area contributed by atoms with Gasteiger partial charge in [0, 0.05) is 12.7 Å². The summed E-state index contributed by atoms with van der Waals surface area (Å²) in [5.41, 5.74) is 0.519. The minimum atomic E-state index is -0.0818. The topological polar surface area (TPSA) is 57.8 Å². The van der Waals surface area contributed by atoms with Crippen LogP contribution < -0.4 is 5.32 Å². The van der Waals surface area contributed by atoms with Crippen LogP contribution >= 0.6 is 12.6 Å². The smallest absolute Gasteiger partial charge is 0.269 e. The van der Waals surface area contributed by atoms with Crippen molar-refractivity contribution in [2.24, 2.45) is 0 Å². The second kappa shape index (κ2) is 7.34. The number of carbonyl (C=O) groups is 1. The zero-order valence-corrected chi connectivity index (χ0v) is 9.59. The highest BCUT2D eigenvalue weighted by Gasteiger charge is 2.04. The average Bonchev–Trinajstić information content (AvgIpc) is 2.76. The lowest BCUT2D eigenvalue weighted by Crippen LogP contribution is -2.24. The molecule has 2 N–H and O–H groups in total. The van der Waals surface area contributed by atoms with Gasteiger partial charge in [-0.15, -0.1) is 0 Å². The molecule has 1 amide bonds. The number of unbranched alkanes of at least 4 members (excludes halogenated alkanes) is 3. The van der Waals surface area contributed by atoms with E-state index in [0.717, 1.165) is 31.6 Å². The van der Waals surface area contributed by atoms with Crippen molar-refractivity contribution >= 4 is 18.5 Å². The maximum Gasteiger partial charge on any atom is 0.269 e. The Labute approximate surface area is 95.2 Å². The molecule has 0 aliphatic heterocycles. The van der Waals surface area contributed by atoms with Crippen LogP contribution in [-0.2, 0) is 0 Å². The predicted molar refractivity (Wildman–Crippen MR) is 63.2 cm³/mol. The summed E-state index contributed by atoms with van der Waals surface area (Å²) >= 11 is 4.14. The first-order valence-electron chi connectivity index (χ1n) is 5.23. The minimum Gasteiger partial charge on any atom is -0.351 e. The molecule has 0 radical (unpaired) electrons. The van der Waals surface area contributed by atoms with E-state index in [-0.39, 0.29) is 5.91 Å². The van der Waals surface area contributed by atoms with Crippen LogP contribution in [0.2, 0.25) is 0 Å². The summed E-state index contributed by atoms with van der Waals surface area (Å²) in [6.07, 6.45) is 6.07. The Kier molecular flexibility index (Phi) is 5.92. The maximum absolute atomic E-state index is 11.4. The van der Waals surface area contributed by atoms with Crippen LogP contribution in [0.4, 0.5) is 0 Å². The number of H-pyrrole nitrogens is 1. The largest absolute Gasteiger partial charge is 0.351 e. The molecule has 0 spiro atoms. The number of amides is 1. The molecule has 5 heteroatoms. The van der Waals surface area contributed by atoms with Crippen molar-refractivity contribution in [3.63, 3.8) is 0 Å². The summed E-state index contributed by atoms with van der Waals surface area (Å²) in [4.78, 5) is 11.4. The van der Waals surface area contributed by atoms with Crippen molar-refractivity contribution < 1.29 is 4.79 Å². The minimum absolute atomic E-state index is 0.0818. The first-order valence-corrected chi connectivity index (χ1v) is 5.86. The fraction of sp³-hybridized carbons (Fsp3) is 0.600. The van der Waals surface area contributed by atoms with Crippen LogP contribution in [0.1, 0.15) is 36.2 Å². The van der Waals surface area contributed by atoms with Crippen molar-refractivity contribution in [3.8, 4) is 0 Å². The summed E-state index contributed by atoms with van der Waals surface area (Å²) in [5, 5.41) is 9.18.